The Morgan fingerprint density at radius 3 is 1.88 bits per heavy atom. The third-order valence-electron chi connectivity index (χ3n) is 4.25. The Morgan fingerprint density at radius 1 is 0.917 bits per heavy atom. The molecule has 1 heterocycles. The van der Waals surface area contributed by atoms with Crippen LogP contribution in [0.3, 0.4) is 0 Å². The SMILES string of the molecule is CCCCCCC1(C(=O)O)OC(=O)CCCCCCCCC(=O)O1. The highest BCUT2D eigenvalue weighted by Gasteiger charge is 2.46. The molecule has 0 spiro atoms. The zero-order valence-corrected chi connectivity index (χ0v) is 14.7. The molecule has 6 heteroatoms. The molecule has 6 nitrogen and oxygen atoms in total. The number of carbonyl (C=O) groups is 3. The minimum Gasteiger partial charge on any atom is -0.475 e. The van der Waals surface area contributed by atoms with Gasteiger partial charge in [-0.2, -0.15) is 0 Å². The molecule has 0 atom stereocenters. The van der Waals surface area contributed by atoms with Crippen LogP contribution in [0.1, 0.15) is 90.4 Å². The number of hydrogen-bond donors (Lipinski definition) is 1. The Balaban J connectivity index is 2.85. The van der Waals surface area contributed by atoms with E-state index in [1.807, 2.05) is 6.92 Å². The second kappa shape index (κ2) is 11.0. The average molecular weight is 342 g/mol. The molecule has 1 N–H and O–H groups in total. The molecule has 0 radical (unpaired) electrons. The van der Waals surface area contributed by atoms with Crippen molar-refractivity contribution in [3.8, 4) is 0 Å². The molecule has 0 aromatic carbocycles. The lowest BCUT2D eigenvalue weighted by Crippen LogP contribution is -2.47. The molecule has 0 bridgehead atoms. The Hall–Kier alpha value is -1.59. The number of carboxylic acids is 1. The van der Waals surface area contributed by atoms with E-state index in [4.69, 9.17) is 9.47 Å². The molecule has 24 heavy (non-hydrogen) atoms. The fourth-order valence-electron chi connectivity index (χ4n) is 2.82. The number of esters is 2. The summed E-state index contributed by atoms with van der Waals surface area (Å²) in [4.78, 5) is 35.8. The van der Waals surface area contributed by atoms with E-state index < -0.39 is 23.7 Å². The van der Waals surface area contributed by atoms with Crippen LogP contribution < -0.4 is 0 Å². The second-order valence-electron chi connectivity index (χ2n) is 6.44. The summed E-state index contributed by atoms with van der Waals surface area (Å²) in [7, 11) is 0. The van der Waals surface area contributed by atoms with Crippen molar-refractivity contribution in [2.24, 2.45) is 0 Å². The Labute approximate surface area is 143 Å². The van der Waals surface area contributed by atoms with Gasteiger partial charge in [-0.25, -0.2) is 4.79 Å². The first-order valence-electron chi connectivity index (χ1n) is 9.17. The number of hydrogen-bond acceptors (Lipinski definition) is 5. The van der Waals surface area contributed by atoms with Crippen LogP contribution in [0.2, 0.25) is 0 Å². The highest BCUT2D eigenvalue weighted by Crippen LogP contribution is 2.26. The van der Waals surface area contributed by atoms with Crippen LogP contribution in [0.25, 0.3) is 0 Å². The third-order valence-corrected chi connectivity index (χ3v) is 4.25. The Bertz CT molecular complexity index is 394. The van der Waals surface area contributed by atoms with E-state index in [-0.39, 0.29) is 19.3 Å². The van der Waals surface area contributed by atoms with Crippen molar-refractivity contribution >= 4 is 17.9 Å². The highest BCUT2D eigenvalue weighted by atomic mass is 16.7. The summed E-state index contributed by atoms with van der Waals surface area (Å²) in [6, 6.07) is 0. The second-order valence-corrected chi connectivity index (χ2v) is 6.44. The normalized spacial score (nSPS) is 20.0. The fraction of sp³-hybridized carbons (Fsp3) is 0.833. The minimum atomic E-state index is -2.17. The molecule has 1 aliphatic rings. The first kappa shape index (κ1) is 20.5. The van der Waals surface area contributed by atoms with Crippen LogP contribution in [0, 0.1) is 0 Å². The summed E-state index contributed by atoms with van der Waals surface area (Å²) < 4.78 is 10.4. The minimum absolute atomic E-state index is 0.000185. The zero-order valence-electron chi connectivity index (χ0n) is 14.7. The molecule has 0 aromatic heterocycles. The average Bonchev–Trinajstić information content (AvgIpc) is 2.54. The van der Waals surface area contributed by atoms with Gasteiger partial charge >= 0.3 is 23.7 Å². The summed E-state index contributed by atoms with van der Waals surface area (Å²) in [5.41, 5.74) is 0. The van der Waals surface area contributed by atoms with E-state index in [1.165, 1.54) is 0 Å². The predicted molar refractivity (Wildman–Crippen MR) is 88.2 cm³/mol. The molecule has 0 amide bonds. The summed E-state index contributed by atoms with van der Waals surface area (Å²) in [5.74, 6) is -4.80. The molecule has 1 saturated heterocycles. The van der Waals surface area contributed by atoms with Crippen LogP contribution in [-0.2, 0) is 23.9 Å². The zero-order chi connectivity index (χ0) is 17.8. The van der Waals surface area contributed by atoms with Gasteiger partial charge < -0.3 is 14.6 Å². The van der Waals surface area contributed by atoms with E-state index >= 15 is 0 Å². The van der Waals surface area contributed by atoms with Gasteiger partial charge in [0.15, 0.2) is 0 Å². The third kappa shape index (κ3) is 7.32. The van der Waals surface area contributed by atoms with Gasteiger partial charge in [0.05, 0.1) is 0 Å². The van der Waals surface area contributed by atoms with Crippen molar-refractivity contribution < 1.29 is 29.0 Å². The Kier molecular flexibility index (Phi) is 9.42. The maximum atomic E-state index is 12.0. The van der Waals surface area contributed by atoms with E-state index in [0.29, 0.717) is 19.3 Å². The molecule has 0 unspecified atom stereocenters. The van der Waals surface area contributed by atoms with Crippen LogP contribution in [0.4, 0.5) is 0 Å². The van der Waals surface area contributed by atoms with Gasteiger partial charge in [-0.1, -0.05) is 51.9 Å². The van der Waals surface area contributed by atoms with Crippen LogP contribution in [0.5, 0.6) is 0 Å². The predicted octanol–water partition coefficient (Wildman–Crippen LogP) is 3.96. The molecule has 138 valence electrons. The molecule has 1 aliphatic heterocycles. The summed E-state index contributed by atoms with van der Waals surface area (Å²) >= 11 is 0. The lowest BCUT2D eigenvalue weighted by molar-refractivity contribution is -0.239. The summed E-state index contributed by atoms with van der Waals surface area (Å²) in [6.45, 7) is 2.05. The van der Waals surface area contributed by atoms with E-state index in [2.05, 4.69) is 0 Å². The van der Waals surface area contributed by atoms with Crippen molar-refractivity contribution in [3.63, 3.8) is 0 Å². The molecule has 1 fully saturated rings. The van der Waals surface area contributed by atoms with Crippen molar-refractivity contribution in [3.05, 3.63) is 0 Å². The van der Waals surface area contributed by atoms with Gasteiger partial charge in [0.25, 0.3) is 0 Å². The smallest absolute Gasteiger partial charge is 0.390 e. The molecular formula is C18H30O6. The quantitative estimate of drug-likeness (QED) is 0.580. The highest BCUT2D eigenvalue weighted by molar-refractivity contribution is 5.83. The largest absolute Gasteiger partial charge is 0.475 e. The standard InChI is InChI=1S/C18H30O6/c1-2-3-4-11-14-18(17(21)22)23-15(19)12-9-7-5-6-8-10-13-16(20)24-18/h2-14H2,1H3,(H,21,22). The van der Waals surface area contributed by atoms with Gasteiger partial charge in [-0.05, 0) is 19.3 Å². The molecule has 0 aliphatic carbocycles. The lowest BCUT2D eigenvalue weighted by atomic mass is 10.1. The number of ether oxygens (including phenoxy) is 2. The van der Waals surface area contributed by atoms with E-state index in [1.54, 1.807) is 0 Å². The fourth-order valence-corrected chi connectivity index (χ4v) is 2.82. The molecule has 0 aromatic rings. The van der Waals surface area contributed by atoms with Crippen molar-refractivity contribution in [2.45, 2.75) is 96.2 Å². The van der Waals surface area contributed by atoms with Crippen molar-refractivity contribution in [2.75, 3.05) is 0 Å². The van der Waals surface area contributed by atoms with Gasteiger partial charge in [0.1, 0.15) is 0 Å². The summed E-state index contributed by atoms with van der Waals surface area (Å²) in [5, 5.41) is 9.59. The van der Waals surface area contributed by atoms with Crippen LogP contribution in [-0.4, -0.2) is 28.8 Å². The molecular weight excluding hydrogens is 312 g/mol. The number of rotatable bonds is 6. The van der Waals surface area contributed by atoms with Gasteiger partial charge in [0, 0.05) is 19.3 Å². The van der Waals surface area contributed by atoms with Crippen LogP contribution in [0.15, 0.2) is 0 Å². The first-order chi connectivity index (χ1) is 11.5. The monoisotopic (exact) mass is 342 g/mol. The van der Waals surface area contributed by atoms with Crippen molar-refractivity contribution in [1.82, 2.24) is 0 Å². The maximum absolute atomic E-state index is 12.0. The number of carboxylic acid groups (broad SMARTS) is 1. The summed E-state index contributed by atoms with van der Waals surface area (Å²) in [6.07, 6.45) is 8.74. The van der Waals surface area contributed by atoms with Gasteiger partial charge in [-0.3, -0.25) is 9.59 Å². The topological polar surface area (TPSA) is 89.9 Å². The van der Waals surface area contributed by atoms with Crippen molar-refractivity contribution in [1.29, 1.82) is 0 Å². The Morgan fingerprint density at radius 2 is 1.42 bits per heavy atom. The maximum Gasteiger partial charge on any atom is 0.390 e. The number of unbranched alkanes of at least 4 members (excludes halogenated alkanes) is 3. The number of carbonyl (C=O) groups excluding carboxylic acids is 2. The lowest BCUT2D eigenvalue weighted by Gasteiger charge is -2.28. The number of aliphatic carboxylic acids is 1. The molecule has 1 rings (SSSR count). The van der Waals surface area contributed by atoms with Gasteiger partial charge in [0.2, 0.25) is 0 Å². The molecule has 0 saturated carbocycles. The van der Waals surface area contributed by atoms with Gasteiger partial charge in [-0.15, -0.1) is 0 Å². The first-order valence-corrected chi connectivity index (χ1v) is 9.17. The van der Waals surface area contributed by atoms with Crippen LogP contribution >= 0.6 is 0 Å². The number of cyclic esters (lactones) is 2. The van der Waals surface area contributed by atoms with E-state index in [9.17, 15) is 19.5 Å². The van der Waals surface area contributed by atoms with E-state index in [0.717, 1.165) is 44.9 Å².